The SMILES string of the molecule is Cc1sc2c(c1C)C(c1ccc(Cl)cc1)=NC(C)(CC(=O)NC(C)(C)C)c1nnc(C)n1-2.Cc1sc2c(c1C)C(c1ccc(Cl)cc1)=NC(C)(CNC(=O)C(C)(C)C)c1nnc(C)n1-2. The van der Waals surface area contributed by atoms with Crippen LogP contribution in [0.3, 0.4) is 0 Å². The fourth-order valence-electron chi connectivity index (χ4n) is 7.87. The lowest BCUT2D eigenvalue weighted by molar-refractivity contribution is -0.128. The van der Waals surface area contributed by atoms with Crippen LogP contribution >= 0.6 is 45.9 Å². The molecule has 2 aliphatic rings. The topological polar surface area (TPSA) is 144 Å². The number of carbonyl (C=O) groups excluding carboxylic acids is 2. The molecular formula is C48H56Cl2N10O2S2. The van der Waals surface area contributed by atoms with Crippen LogP contribution in [0.5, 0.6) is 0 Å². The van der Waals surface area contributed by atoms with Gasteiger partial charge in [-0.15, -0.1) is 43.1 Å². The summed E-state index contributed by atoms with van der Waals surface area (Å²) in [6.45, 7) is 28.3. The summed E-state index contributed by atoms with van der Waals surface area (Å²) in [5.41, 5.74) is 5.57. The zero-order valence-electron chi connectivity index (χ0n) is 39.0. The van der Waals surface area contributed by atoms with E-state index in [1.54, 1.807) is 22.7 Å². The summed E-state index contributed by atoms with van der Waals surface area (Å²) in [6.07, 6.45) is 0.159. The summed E-state index contributed by atoms with van der Waals surface area (Å²) in [4.78, 5) is 38.7. The zero-order chi connectivity index (χ0) is 46.8. The Morgan fingerprint density at radius 1 is 0.641 bits per heavy atom. The van der Waals surface area contributed by atoms with Gasteiger partial charge in [0.25, 0.3) is 0 Å². The quantitative estimate of drug-likeness (QED) is 0.170. The molecule has 0 aliphatic carbocycles. The van der Waals surface area contributed by atoms with Crippen molar-refractivity contribution >= 4 is 69.1 Å². The number of aromatic nitrogens is 6. The number of aryl methyl sites for hydroxylation is 4. The van der Waals surface area contributed by atoms with E-state index in [1.807, 2.05) is 118 Å². The van der Waals surface area contributed by atoms with Crippen LogP contribution in [0.15, 0.2) is 58.5 Å². The summed E-state index contributed by atoms with van der Waals surface area (Å²) >= 11 is 15.7. The van der Waals surface area contributed by atoms with Crippen molar-refractivity contribution in [3.8, 4) is 10.0 Å². The van der Waals surface area contributed by atoms with Gasteiger partial charge in [0.15, 0.2) is 11.6 Å². The number of aliphatic imine (C=N–C) groups is 2. The molecule has 0 fully saturated rings. The number of nitrogens with one attached hydrogen (secondary N) is 2. The molecule has 8 rings (SSSR count). The smallest absolute Gasteiger partial charge is 0.225 e. The van der Waals surface area contributed by atoms with Crippen molar-refractivity contribution in [2.24, 2.45) is 15.4 Å². The van der Waals surface area contributed by atoms with Crippen LogP contribution in [0, 0.1) is 47.0 Å². The van der Waals surface area contributed by atoms with Gasteiger partial charge in [0.1, 0.15) is 32.7 Å². The Hall–Kier alpha value is -5.02. The van der Waals surface area contributed by atoms with Gasteiger partial charge in [0, 0.05) is 59.6 Å². The molecule has 0 saturated heterocycles. The van der Waals surface area contributed by atoms with Gasteiger partial charge in [-0.25, -0.2) is 0 Å². The summed E-state index contributed by atoms with van der Waals surface area (Å²) in [5, 5.41) is 27.4. The fraction of sp³-hybridized carbons (Fsp3) is 0.417. The van der Waals surface area contributed by atoms with Crippen molar-refractivity contribution in [1.29, 1.82) is 0 Å². The molecule has 64 heavy (non-hydrogen) atoms. The van der Waals surface area contributed by atoms with E-state index >= 15 is 0 Å². The minimum Gasteiger partial charge on any atom is -0.353 e. The molecule has 6 heterocycles. The molecule has 0 radical (unpaired) electrons. The second kappa shape index (κ2) is 17.1. The van der Waals surface area contributed by atoms with Gasteiger partial charge in [-0.3, -0.25) is 28.7 Å². The van der Waals surface area contributed by atoms with E-state index in [4.69, 9.17) is 33.2 Å². The maximum atomic E-state index is 13.0. The van der Waals surface area contributed by atoms with Crippen molar-refractivity contribution in [3.05, 3.63) is 125 Å². The molecule has 2 aromatic carbocycles. The summed E-state index contributed by atoms with van der Waals surface area (Å²) in [7, 11) is 0. The first-order chi connectivity index (χ1) is 29.8. The molecule has 336 valence electrons. The Balaban J connectivity index is 0.000000191. The van der Waals surface area contributed by atoms with Gasteiger partial charge in [0.2, 0.25) is 11.8 Å². The van der Waals surface area contributed by atoms with Gasteiger partial charge in [0.05, 0.1) is 17.8 Å². The molecule has 0 spiro atoms. The lowest BCUT2D eigenvalue weighted by atomic mass is 9.94. The first-order valence-corrected chi connectivity index (χ1v) is 23.6. The number of carbonyl (C=O) groups is 2. The normalized spacial score (nSPS) is 17.9. The van der Waals surface area contributed by atoms with Gasteiger partial charge >= 0.3 is 0 Å². The summed E-state index contributed by atoms with van der Waals surface area (Å²) in [6, 6.07) is 15.4. The first kappa shape index (κ1) is 47.0. The van der Waals surface area contributed by atoms with Crippen LogP contribution in [-0.4, -0.2) is 64.9 Å². The highest BCUT2D eigenvalue weighted by molar-refractivity contribution is 7.15. The average Bonchev–Trinajstić information content (AvgIpc) is 3.91. The second-order valence-electron chi connectivity index (χ2n) is 19.1. The van der Waals surface area contributed by atoms with Crippen molar-refractivity contribution in [2.45, 2.75) is 120 Å². The molecule has 2 amide bonds. The van der Waals surface area contributed by atoms with Crippen LogP contribution in [0.25, 0.3) is 10.0 Å². The average molecular weight is 940 g/mol. The van der Waals surface area contributed by atoms with Crippen molar-refractivity contribution in [3.63, 3.8) is 0 Å². The third kappa shape index (κ3) is 8.98. The number of hydrogen-bond donors (Lipinski definition) is 2. The minimum absolute atomic E-state index is 0.0317. The highest BCUT2D eigenvalue weighted by Gasteiger charge is 2.42. The molecule has 0 bridgehead atoms. The third-order valence-corrected chi connectivity index (χ3v) is 14.4. The van der Waals surface area contributed by atoms with E-state index in [9.17, 15) is 9.59 Å². The number of rotatable bonds is 6. The van der Waals surface area contributed by atoms with Crippen LogP contribution in [0.4, 0.5) is 0 Å². The molecule has 2 N–H and O–H groups in total. The maximum Gasteiger partial charge on any atom is 0.225 e. The van der Waals surface area contributed by atoms with Gasteiger partial charge in [-0.2, -0.15) is 0 Å². The number of fused-ring (bicyclic) bond motifs is 6. The highest BCUT2D eigenvalue weighted by Crippen LogP contribution is 2.43. The van der Waals surface area contributed by atoms with Crippen LogP contribution in [0.1, 0.15) is 128 Å². The molecule has 2 atom stereocenters. The summed E-state index contributed by atoms with van der Waals surface area (Å²) in [5.74, 6) is 2.85. The number of benzene rings is 2. The van der Waals surface area contributed by atoms with Crippen LogP contribution < -0.4 is 10.6 Å². The molecule has 4 aromatic heterocycles. The highest BCUT2D eigenvalue weighted by atomic mass is 35.5. The lowest BCUT2D eigenvalue weighted by Gasteiger charge is -2.27. The molecule has 2 aliphatic heterocycles. The fourth-order valence-corrected chi connectivity index (χ4v) is 10.5. The van der Waals surface area contributed by atoms with E-state index in [0.717, 1.165) is 61.2 Å². The Morgan fingerprint density at radius 2 is 1.05 bits per heavy atom. The van der Waals surface area contributed by atoms with Crippen molar-refractivity contribution in [1.82, 2.24) is 40.2 Å². The standard InChI is InChI=1S/2C24H28ClN5OS/c1-13-14(2)32-20-18(13)19(16-8-10-17(25)11-9-16)27-24(7,12-26-22(31)23(4,5)6)21-29-28-15(3)30(20)21;1-13-14(2)32-21-19(13)20(16-8-10-17(25)11-9-16)27-24(7,12-18(31)26-23(4,5)6)22-29-28-15(3)30(21)22/h2*8-11H,12H2,1-7H3,(H,26,31). The summed E-state index contributed by atoms with van der Waals surface area (Å²) < 4.78 is 4.16. The van der Waals surface area contributed by atoms with E-state index < -0.39 is 16.5 Å². The Labute approximate surface area is 393 Å². The van der Waals surface area contributed by atoms with Gasteiger partial charge in [-0.1, -0.05) is 68.2 Å². The van der Waals surface area contributed by atoms with E-state index in [0.29, 0.717) is 22.4 Å². The molecule has 2 unspecified atom stereocenters. The largest absolute Gasteiger partial charge is 0.353 e. The Morgan fingerprint density at radius 3 is 1.45 bits per heavy atom. The Kier molecular flexibility index (Phi) is 12.5. The van der Waals surface area contributed by atoms with Gasteiger partial charge in [-0.05, 0) is 112 Å². The number of amides is 2. The number of nitrogens with zero attached hydrogens (tertiary/aromatic N) is 8. The van der Waals surface area contributed by atoms with Crippen LogP contribution in [0.2, 0.25) is 10.0 Å². The molecule has 12 nitrogen and oxygen atoms in total. The lowest BCUT2D eigenvalue weighted by Crippen LogP contribution is -2.43. The monoisotopic (exact) mass is 938 g/mol. The first-order valence-electron chi connectivity index (χ1n) is 21.2. The minimum atomic E-state index is -0.898. The molecule has 0 saturated carbocycles. The van der Waals surface area contributed by atoms with E-state index in [-0.39, 0.29) is 23.8 Å². The predicted molar refractivity (Wildman–Crippen MR) is 261 cm³/mol. The predicted octanol–water partition coefficient (Wildman–Crippen LogP) is 10.4. The Bertz CT molecular complexity index is 2850. The van der Waals surface area contributed by atoms with Crippen molar-refractivity contribution in [2.75, 3.05) is 6.54 Å². The zero-order valence-corrected chi connectivity index (χ0v) is 42.1. The molecule has 16 heteroatoms. The van der Waals surface area contributed by atoms with E-state index in [2.05, 4.69) is 67.9 Å². The van der Waals surface area contributed by atoms with Crippen LogP contribution in [-0.2, 0) is 20.7 Å². The number of thiophene rings is 2. The van der Waals surface area contributed by atoms with Gasteiger partial charge < -0.3 is 10.6 Å². The maximum absolute atomic E-state index is 13.0. The molecular weight excluding hydrogens is 884 g/mol. The van der Waals surface area contributed by atoms with E-state index in [1.165, 1.54) is 20.9 Å². The second-order valence-corrected chi connectivity index (χ2v) is 22.4. The number of hydrogen-bond acceptors (Lipinski definition) is 10. The molecule has 6 aromatic rings. The number of halogens is 2. The third-order valence-electron chi connectivity index (χ3n) is 11.5. The van der Waals surface area contributed by atoms with Crippen molar-refractivity contribution < 1.29 is 9.59 Å².